The summed E-state index contributed by atoms with van der Waals surface area (Å²) in [5.41, 5.74) is 9.58. The number of β-amino-alcohol motifs (C(OH)–C–C–N with tert-alkyl or cyclic N) is 1. The maximum atomic E-state index is 13.6. The molecule has 0 spiro atoms. The van der Waals surface area contributed by atoms with Gasteiger partial charge in [0.05, 0.1) is 17.4 Å². The van der Waals surface area contributed by atoms with Crippen LogP contribution in [0.25, 0.3) is 0 Å². The number of rotatable bonds is 2. The molecule has 1 aliphatic rings. The van der Waals surface area contributed by atoms with Gasteiger partial charge in [-0.15, -0.1) is 0 Å². The molecule has 1 heterocycles. The molecule has 2 rings (SSSR count). The Balaban J connectivity index is 2.36. The molecule has 108 valence electrons. The van der Waals surface area contributed by atoms with Gasteiger partial charge in [-0.25, -0.2) is 8.78 Å². The molecule has 2 amide bonds. The Morgan fingerprint density at radius 3 is 2.55 bits per heavy atom. The van der Waals surface area contributed by atoms with Crippen molar-refractivity contribution in [3.63, 3.8) is 0 Å². The third-order valence-electron chi connectivity index (χ3n) is 3.19. The number of aliphatic hydroxyl groups is 1. The third-order valence-corrected chi connectivity index (χ3v) is 3.19. The molecule has 1 fully saturated rings. The standard InChI is InChI=1S/C12H13F2N3O3/c13-7-3-8(14)9(15)2-6(7)12(20)17-4-5(18)1-10(17)11(16)19/h2-3,5,10,18H,1,4,15H2,(H2,16,19). The van der Waals surface area contributed by atoms with E-state index in [1.54, 1.807) is 0 Å². The van der Waals surface area contributed by atoms with Crippen LogP contribution in [0.3, 0.4) is 0 Å². The number of carbonyl (C=O) groups is 2. The molecule has 2 unspecified atom stereocenters. The molecule has 8 heteroatoms. The Morgan fingerprint density at radius 1 is 1.30 bits per heavy atom. The average molecular weight is 285 g/mol. The minimum atomic E-state index is -1.09. The zero-order valence-electron chi connectivity index (χ0n) is 10.3. The summed E-state index contributed by atoms with van der Waals surface area (Å²) in [6, 6.07) is 0.326. The number of amides is 2. The van der Waals surface area contributed by atoms with Gasteiger partial charge in [-0.2, -0.15) is 0 Å². The number of halogens is 2. The van der Waals surface area contributed by atoms with Crippen LogP contribution in [0.15, 0.2) is 12.1 Å². The number of hydrogen-bond acceptors (Lipinski definition) is 4. The first-order chi connectivity index (χ1) is 9.31. The number of hydrogen-bond donors (Lipinski definition) is 3. The summed E-state index contributed by atoms with van der Waals surface area (Å²) >= 11 is 0. The number of nitrogens with zero attached hydrogens (tertiary/aromatic N) is 1. The molecular weight excluding hydrogens is 272 g/mol. The highest BCUT2D eigenvalue weighted by molar-refractivity contribution is 5.98. The van der Waals surface area contributed by atoms with E-state index in [0.29, 0.717) is 6.07 Å². The summed E-state index contributed by atoms with van der Waals surface area (Å²) in [6.45, 7) is -0.150. The predicted octanol–water partition coefficient (Wildman–Crippen LogP) is -0.392. The van der Waals surface area contributed by atoms with Crippen molar-refractivity contribution in [2.75, 3.05) is 12.3 Å². The van der Waals surface area contributed by atoms with Crippen LogP contribution >= 0.6 is 0 Å². The molecule has 0 aromatic heterocycles. The van der Waals surface area contributed by atoms with E-state index in [2.05, 4.69) is 0 Å². The van der Waals surface area contributed by atoms with Crippen LogP contribution in [0.4, 0.5) is 14.5 Å². The summed E-state index contributed by atoms with van der Waals surface area (Å²) in [7, 11) is 0. The fraction of sp³-hybridized carbons (Fsp3) is 0.333. The molecule has 0 aliphatic carbocycles. The summed E-state index contributed by atoms with van der Waals surface area (Å²) in [4.78, 5) is 24.4. The van der Waals surface area contributed by atoms with Crippen molar-refractivity contribution in [2.24, 2.45) is 5.73 Å². The number of anilines is 1. The van der Waals surface area contributed by atoms with Gasteiger partial charge in [0.1, 0.15) is 17.7 Å². The van der Waals surface area contributed by atoms with Crippen molar-refractivity contribution in [1.29, 1.82) is 0 Å². The highest BCUT2D eigenvalue weighted by atomic mass is 19.1. The number of carbonyl (C=O) groups excluding carboxylic acids is 2. The lowest BCUT2D eigenvalue weighted by Gasteiger charge is -2.22. The van der Waals surface area contributed by atoms with Crippen LogP contribution in [0, 0.1) is 11.6 Å². The first kappa shape index (κ1) is 14.2. The SMILES string of the molecule is NC(=O)C1CC(O)CN1C(=O)c1cc(N)c(F)cc1F. The van der Waals surface area contributed by atoms with Crippen LogP contribution in [0.2, 0.25) is 0 Å². The normalized spacial score (nSPS) is 22.1. The van der Waals surface area contributed by atoms with Crippen molar-refractivity contribution in [2.45, 2.75) is 18.6 Å². The number of nitrogen functional groups attached to an aromatic ring is 1. The monoisotopic (exact) mass is 285 g/mol. The number of primary amides is 1. The van der Waals surface area contributed by atoms with Gasteiger partial charge in [-0.05, 0) is 6.07 Å². The third kappa shape index (κ3) is 2.42. The van der Waals surface area contributed by atoms with Gasteiger partial charge < -0.3 is 21.5 Å². The molecule has 1 aromatic carbocycles. The fourth-order valence-corrected chi connectivity index (χ4v) is 2.19. The van der Waals surface area contributed by atoms with Crippen molar-refractivity contribution >= 4 is 17.5 Å². The molecule has 0 saturated carbocycles. The summed E-state index contributed by atoms with van der Waals surface area (Å²) < 4.78 is 26.7. The molecular formula is C12H13F2N3O3. The summed E-state index contributed by atoms with van der Waals surface area (Å²) in [5, 5.41) is 9.50. The molecule has 6 nitrogen and oxygen atoms in total. The lowest BCUT2D eigenvalue weighted by atomic mass is 10.1. The zero-order valence-corrected chi connectivity index (χ0v) is 10.3. The summed E-state index contributed by atoms with van der Waals surface area (Å²) in [5.74, 6) is -3.74. The number of nitrogens with two attached hydrogens (primary N) is 2. The van der Waals surface area contributed by atoms with Crippen LogP contribution in [0.5, 0.6) is 0 Å². The zero-order chi connectivity index (χ0) is 15.0. The van der Waals surface area contributed by atoms with E-state index in [4.69, 9.17) is 11.5 Å². The van der Waals surface area contributed by atoms with Gasteiger partial charge in [-0.1, -0.05) is 0 Å². The molecule has 0 bridgehead atoms. The van der Waals surface area contributed by atoms with E-state index in [1.165, 1.54) is 0 Å². The molecule has 20 heavy (non-hydrogen) atoms. The second-order valence-corrected chi connectivity index (χ2v) is 4.62. The maximum Gasteiger partial charge on any atom is 0.257 e. The largest absolute Gasteiger partial charge is 0.396 e. The van der Waals surface area contributed by atoms with Gasteiger partial charge in [0.25, 0.3) is 5.91 Å². The van der Waals surface area contributed by atoms with Crippen LogP contribution < -0.4 is 11.5 Å². The van der Waals surface area contributed by atoms with Crippen molar-refractivity contribution in [3.8, 4) is 0 Å². The molecule has 0 radical (unpaired) electrons. The molecule has 2 atom stereocenters. The predicted molar refractivity (Wildman–Crippen MR) is 65.4 cm³/mol. The number of benzene rings is 1. The quantitative estimate of drug-likeness (QED) is 0.643. The lowest BCUT2D eigenvalue weighted by molar-refractivity contribution is -0.121. The lowest BCUT2D eigenvalue weighted by Crippen LogP contribution is -2.44. The molecule has 1 saturated heterocycles. The molecule has 1 aliphatic heterocycles. The van der Waals surface area contributed by atoms with E-state index in [1.807, 2.05) is 0 Å². The number of aliphatic hydroxyl groups excluding tert-OH is 1. The Morgan fingerprint density at radius 2 is 1.95 bits per heavy atom. The first-order valence-corrected chi connectivity index (χ1v) is 5.84. The second-order valence-electron chi connectivity index (χ2n) is 4.62. The van der Waals surface area contributed by atoms with Gasteiger partial charge in [0.15, 0.2) is 0 Å². The smallest absolute Gasteiger partial charge is 0.257 e. The van der Waals surface area contributed by atoms with Gasteiger partial charge in [0.2, 0.25) is 5.91 Å². The highest BCUT2D eigenvalue weighted by Crippen LogP contribution is 2.24. The minimum absolute atomic E-state index is 0.0145. The Labute approximate surface area is 113 Å². The summed E-state index contributed by atoms with van der Waals surface area (Å²) in [6.07, 6.45) is -0.934. The van der Waals surface area contributed by atoms with Gasteiger partial charge >= 0.3 is 0 Å². The second kappa shape index (κ2) is 5.04. The fourth-order valence-electron chi connectivity index (χ4n) is 2.19. The van der Waals surface area contributed by atoms with Crippen molar-refractivity contribution in [1.82, 2.24) is 4.90 Å². The average Bonchev–Trinajstić information content (AvgIpc) is 2.75. The van der Waals surface area contributed by atoms with E-state index in [0.717, 1.165) is 11.0 Å². The Hall–Kier alpha value is -2.22. The van der Waals surface area contributed by atoms with E-state index in [9.17, 15) is 23.5 Å². The minimum Gasteiger partial charge on any atom is -0.396 e. The topological polar surface area (TPSA) is 110 Å². The molecule has 5 N–H and O–H groups in total. The van der Waals surface area contributed by atoms with Crippen LogP contribution in [0.1, 0.15) is 16.8 Å². The van der Waals surface area contributed by atoms with E-state index >= 15 is 0 Å². The number of likely N-dealkylation sites (tertiary alicyclic amines) is 1. The van der Waals surface area contributed by atoms with Gasteiger partial charge in [0, 0.05) is 19.0 Å². The van der Waals surface area contributed by atoms with Gasteiger partial charge in [-0.3, -0.25) is 9.59 Å². The Kier molecular flexibility index (Phi) is 3.58. The maximum absolute atomic E-state index is 13.6. The van der Waals surface area contributed by atoms with Crippen LogP contribution in [-0.4, -0.2) is 40.5 Å². The van der Waals surface area contributed by atoms with E-state index < -0.39 is 41.2 Å². The highest BCUT2D eigenvalue weighted by Gasteiger charge is 2.38. The Bertz CT molecular complexity index is 579. The molecule has 1 aromatic rings. The van der Waals surface area contributed by atoms with Crippen molar-refractivity contribution < 1.29 is 23.5 Å². The van der Waals surface area contributed by atoms with Crippen LogP contribution in [-0.2, 0) is 4.79 Å². The van der Waals surface area contributed by atoms with Crippen molar-refractivity contribution in [3.05, 3.63) is 29.3 Å². The van der Waals surface area contributed by atoms with E-state index in [-0.39, 0.29) is 18.7 Å². The first-order valence-electron chi connectivity index (χ1n) is 5.84.